The average Bonchev–Trinajstić information content (AvgIpc) is 2.66. The van der Waals surface area contributed by atoms with Gasteiger partial charge in [-0.25, -0.2) is 13.2 Å². The lowest BCUT2D eigenvalue weighted by Crippen LogP contribution is -2.37. The third-order valence-electron chi connectivity index (χ3n) is 3.19. The van der Waals surface area contributed by atoms with Crippen LogP contribution in [0.1, 0.15) is 6.92 Å². The van der Waals surface area contributed by atoms with Gasteiger partial charge in [-0.2, -0.15) is 8.78 Å². The molecule has 12 heteroatoms. The van der Waals surface area contributed by atoms with Crippen molar-refractivity contribution >= 4 is 14.1 Å². The highest BCUT2D eigenvalue weighted by molar-refractivity contribution is 7.36. The number of halogens is 5. The normalized spacial score (nSPS) is 13.3. The van der Waals surface area contributed by atoms with Crippen LogP contribution in [0, 0.1) is 29.1 Å². The number of hydrogen-bond acceptors (Lipinski definition) is 4. The number of carboxylic acids is 1. The molecular weight excluding hydrogens is 400 g/mol. The summed E-state index contributed by atoms with van der Waals surface area (Å²) in [4.78, 5) is 16.5. The van der Waals surface area contributed by atoms with Crippen molar-refractivity contribution in [2.24, 2.45) is 0 Å². The molecule has 0 saturated carbocycles. The van der Waals surface area contributed by atoms with E-state index in [1.54, 1.807) is 6.07 Å². The molecule has 0 aliphatic heterocycles. The molecule has 0 bridgehead atoms. The summed E-state index contributed by atoms with van der Waals surface area (Å²) in [5, 5.41) is 9.06. The second-order valence-corrected chi connectivity index (χ2v) is 6.19. The van der Waals surface area contributed by atoms with Crippen molar-refractivity contribution in [3.63, 3.8) is 0 Å². The number of hydrogen-bond donors (Lipinski definition) is 1. The molecule has 0 aliphatic carbocycles. The van der Waals surface area contributed by atoms with Crippen LogP contribution in [0.4, 0.5) is 22.0 Å². The van der Waals surface area contributed by atoms with E-state index in [4.69, 9.17) is 9.94 Å². The van der Waals surface area contributed by atoms with Gasteiger partial charge in [-0.1, -0.05) is 18.2 Å². The van der Waals surface area contributed by atoms with E-state index in [-0.39, 0.29) is 10.6 Å². The predicted molar refractivity (Wildman–Crippen MR) is 81.9 cm³/mol. The molecule has 6 nitrogen and oxygen atoms in total. The Kier molecular flexibility index (Phi) is 6.40. The van der Waals surface area contributed by atoms with Crippen LogP contribution in [0.15, 0.2) is 30.3 Å². The van der Waals surface area contributed by atoms with Gasteiger partial charge in [0.15, 0.2) is 6.04 Å². The van der Waals surface area contributed by atoms with Crippen LogP contribution in [-0.4, -0.2) is 22.0 Å². The fourth-order valence-electron chi connectivity index (χ4n) is 1.78. The Morgan fingerprint density at radius 3 is 1.96 bits per heavy atom. The number of para-hydroxylation sites is 1. The Balaban J connectivity index is 2.38. The lowest BCUT2D eigenvalue weighted by atomic mass is 10.3. The Hall–Kier alpha value is -2.65. The Morgan fingerprint density at radius 1 is 1.00 bits per heavy atom. The first-order valence-corrected chi connectivity index (χ1v) is 8.39. The molecule has 0 spiro atoms. The van der Waals surface area contributed by atoms with E-state index in [0.717, 1.165) is 6.92 Å². The summed E-state index contributed by atoms with van der Waals surface area (Å²) in [7, 11) is -3.97. The lowest BCUT2D eigenvalue weighted by molar-refractivity contribution is -0.148. The summed E-state index contributed by atoms with van der Waals surface area (Å²) in [5.74, 6) is -15.1. The quantitative estimate of drug-likeness (QED) is 0.245. The lowest BCUT2D eigenvalue weighted by Gasteiger charge is -2.25. The van der Waals surface area contributed by atoms with E-state index < -0.39 is 55.0 Å². The monoisotopic (exact) mass is 411 g/mol. The zero-order chi connectivity index (χ0) is 20.3. The maximum Gasteiger partial charge on any atom is 0.341 e. The fraction of sp³-hybridized carbons (Fsp3) is 0.133. The minimum atomic E-state index is -3.97. The Morgan fingerprint density at radius 2 is 1.48 bits per heavy atom. The van der Waals surface area contributed by atoms with Crippen LogP contribution in [0.5, 0.6) is 11.5 Å². The van der Waals surface area contributed by atoms with Gasteiger partial charge in [0.05, 0.1) is 0 Å². The van der Waals surface area contributed by atoms with Crippen molar-refractivity contribution in [2.75, 3.05) is 0 Å². The Bertz CT molecular complexity index is 854. The molecule has 1 N–H and O–H groups in total. The van der Waals surface area contributed by atoms with E-state index >= 15 is 0 Å². The smallest absolute Gasteiger partial charge is 0.341 e. The van der Waals surface area contributed by atoms with Gasteiger partial charge in [0, 0.05) is 0 Å². The van der Waals surface area contributed by atoms with Crippen LogP contribution in [0.25, 0.3) is 0 Å². The summed E-state index contributed by atoms with van der Waals surface area (Å²) in [6, 6.07) is 5.59. The summed E-state index contributed by atoms with van der Waals surface area (Å²) < 4.78 is 83.5. The highest BCUT2D eigenvalue weighted by Crippen LogP contribution is 2.39. The molecule has 146 valence electrons. The van der Waals surface area contributed by atoms with Crippen molar-refractivity contribution in [2.45, 2.75) is 13.0 Å². The van der Waals surface area contributed by atoms with Crippen LogP contribution < -0.4 is 9.36 Å². The molecule has 0 radical (unpaired) electrons. The molecule has 0 aliphatic rings. The number of rotatable bonds is 7. The number of aliphatic carboxylic acids is 1. The standard InChI is InChI=1S/C15H11F5NO5P/c1-7(15(22)23)21(25-8-5-3-2-4-6-8)27(24)26-14-12(19)10(17)9(16)11(18)13(14)20/h2-7,27H,1H3,(H,22,23). The van der Waals surface area contributed by atoms with E-state index in [1.807, 2.05) is 0 Å². The van der Waals surface area contributed by atoms with Crippen molar-refractivity contribution in [3.05, 3.63) is 59.4 Å². The maximum atomic E-state index is 13.7. The van der Waals surface area contributed by atoms with Crippen LogP contribution in [-0.2, 0) is 9.36 Å². The molecule has 2 aromatic carbocycles. The van der Waals surface area contributed by atoms with Gasteiger partial charge in [0.1, 0.15) is 5.75 Å². The molecule has 2 rings (SSSR count). The summed E-state index contributed by atoms with van der Waals surface area (Å²) in [6.07, 6.45) is 0. The first kappa shape index (κ1) is 20.7. The number of nitrogens with zero attached hydrogens (tertiary/aromatic N) is 1. The summed E-state index contributed by atoms with van der Waals surface area (Å²) >= 11 is 0. The third kappa shape index (κ3) is 4.37. The fourth-order valence-corrected chi connectivity index (χ4v) is 2.83. The van der Waals surface area contributed by atoms with Crippen LogP contribution in [0.2, 0.25) is 0 Å². The minimum absolute atomic E-state index is 0.00930. The van der Waals surface area contributed by atoms with E-state index in [2.05, 4.69) is 4.52 Å². The van der Waals surface area contributed by atoms with E-state index in [0.29, 0.717) is 0 Å². The van der Waals surface area contributed by atoms with Gasteiger partial charge in [-0.05, 0) is 23.9 Å². The van der Waals surface area contributed by atoms with Crippen molar-refractivity contribution in [1.29, 1.82) is 0 Å². The Labute approximate surface area is 149 Å². The molecule has 2 atom stereocenters. The van der Waals surface area contributed by atoms with Gasteiger partial charge in [0.2, 0.25) is 34.8 Å². The van der Waals surface area contributed by atoms with Gasteiger partial charge in [-0.3, -0.25) is 9.36 Å². The number of hydroxylamine groups is 1. The van der Waals surface area contributed by atoms with Gasteiger partial charge in [0.25, 0.3) is 0 Å². The highest BCUT2D eigenvalue weighted by atomic mass is 31.1. The third-order valence-corrected chi connectivity index (χ3v) is 4.41. The summed E-state index contributed by atoms with van der Waals surface area (Å²) in [6.45, 7) is 1.01. The molecule has 0 fully saturated rings. The van der Waals surface area contributed by atoms with E-state index in [1.165, 1.54) is 24.3 Å². The van der Waals surface area contributed by atoms with Crippen molar-refractivity contribution in [1.82, 2.24) is 4.83 Å². The number of carboxylic acid groups (broad SMARTS) is 1. The van der Waals surface area contributed by atoms with Crippen molar-refractivity contribution in [3.8, 4) is 11.5 Å². The SMILES string of the molecule is CC(C(=O)O)N(Oc1ccccc1)[PH](=O)Oc1c(F)c(F)c(F)c(F)c1F. The zero-order valence-corrected chi connectivity index (χ0v) is 14.4. The maximum absolute atomic E-state index is 13.7. The zero-order valence-electron chi connectivity index (χ0n) is 13.4. The molecule has 2 unspecified atom stereocenters. The molecule has 2 aromatic rings. The molecule has 0 heterocycles. The number of benzene rings is 2. The predicted octanol–water partition coefficient (Wildman–Crippen LogP) is 3.92. The topological polar surface area (TPSA) is 76.1 Å². The van der Waals surface area contributed by atoms with Crippen molar-refractivity contribution < 1.29 is 45.8 Å². The summed E-state index contributed by atoms with van der Waals surface area (Å²) in [5.41, 5.74) is 0. The second kappa shape index (κ2) is 8.36. The van der Waals surface area contributed by atoms with Gasteiger partial charge < -0.3 is 14.5 Å². The molecule has 27 heavy (non-hydrogen) atoms. The first-order chi connectivity index (χ1) is 12.6. The van der Waals surface area contributed by atoms with Crippen LogP contribution >= 0.6 is 8.18 Å². The molecular formula is C15H11F5NO5P. The van der Waals surface area contributed by atoms with Gasteiger partial charge in [-0.15, -0.1) is 0 Å². The second-order valence-electron chi connectivity index (χ2n) is 5.01. The minimum Gasteiger partial charge on any atom is -0.480 e. The molecule has 0 amide bonds. The first-order valence-electron chi connectivity index (χ1n) is 7.13. The van der Waals surface area contributed by atoms with Crippen LogP contribution in [0.3, 0.4) is 0 Å². The molecule has 0 saturated heterocycles. The van der Waals surface area contributed by atoms with E-state index in [9.17, 15) is 31.3 Å². The van der Waals surface area contributed by atoms with Gasteiger partial charge >= 0.3 is 14.1 Å². The largest absolute Gasteiger partial charge is 0.480 e. The highest BCUT2D eigenvalue weighted by Gasteiger charge is 2.33. The number of carbonyl (C=O) groups is 1. The average molecular weight is 411 g/mol. The molecule has 0 aromatic heterocycles.